The largest absolute Gasteiger partial charge is 0.396 e. The number of carbonyl (C=O) groups excluding carboxylic acids is 2. The lowest BCUT2D eigenvalue weighted by Gasteiger charge is -2.28. The Balaban J connectivity index is 1.71. The first-order valence-corrected chi connectivity index (χ1v) is 11.3. The Labute approximate surface area is 199 Å². The van der Waals surface area contributed by atoms with Gasteiger partial charge in [0.1, 0.15) is 0 Å². The third-order valence-corrected chi connectivity index (χ3v) is 6.13. The first-order valence-electron chi connectivity index (χ1n) is 11.3. The second kappa shape index (κ2) is 10.0. The van der Waals surface area contributed by atoms with Crippen LogP contribution in [0.5, 0.6) is 0 Å². The third-order valence-electron chi connectivity index (χ3n) is 6.13. The number of benzene rings is 3. The van der Waals surface area contributed by atoms with Crippen molar-refractivity contribution >= 4 is 23.2 Å². The number of carbonyl (C=O) groups is 2. The van der Waals surface area contributed by atoms with Crippen LogP contribution in [0.4, 0.5) is 11.4 Å². The zero-order valence-electron chi connectivity index (χ0n) is 19.0. The molecular formula is C28H28N2O4. The monoisotopic (exact) mass is 456 g/mol. The minimum Gasteiger partial charge on any atom is -0.396 e. The molecule has 0 bridgehead atoms. The molecule has 0 aliphatic carbocycles. The molecule has 3 N–H and O–H groups in total. The van der Waals surface area contributed by atoms with Gasteiger partial charge in [-0.05, 0) is 42.3 Å². The van der Waals surface area contributed by atoms with E-state index in [9.17, 15) is 14.7 Å². The molecular weight excluding hydrogens is 428 g/mol. The summed E-state index contributed by atoms with van der Waals surface area (Å²) in [6.45, 7) is 2.08. The van der Waals surface area contributed by atoms with Crippen molar-refractivity contribution in [2.45, 2.75) is 25.5 Å². The van der Waals surface area contributed by atoms with Crippen LogP contribution in [0.3, 0.4) is 0 Å². The summed E-state index contributed by atoms with van der Waals surface area (Å²) in [6.07, 6.45) is 3.94. The molecule has 0 radical (unpaired) electrons. The molecule has 1 heterocycles. The molecule has 4 rings (SSSR count). The molecule has 6 heteroatoms. The minimum absolute atomic E-state index is 0.0119. The van der Waals surface area contributed by atoms with Crippen molar-refractivity contribution in [2.75, 3.05) is 16.8 Å². The number of fused-ring (bicyclic) bond motifs is 1. The van der Waals surface area contributed by atoms with Crippen molar-refractivity contribution in [3.8, 4) is 0 Å². The van der Waals surface area contributed by atoms with Gasteiger partial charge in [-0.1, -0.05) is 67.6 Å². The number of nitrogens with zero attached hydrogens (tertiary/aromatic N) is 1. The zero-order chi connectivity index (χ0) is 24.1. The molecule has 0 spiro atoms. The van der Waals surface area contributed by atoms with Crippen LogP contribution >= 0.6 is 0 Å². The molecule has 6 nitrogen and oxygen atoms in total. The number of aliphatic hydroxyl groups is 2. The average molecular weight is 457 g/mol. The summed E-state index contributed by atoms with van der Waals surface area (Å²) in [5, 5.41) is 23.8. The maximum absolute atomic E-state index is 13.6. The molecule has 0 fully saturated rings. The molecule has 0 unspecified atom stereocenters. The van der Waals surface area contributed by atoms with Crippen molar-refractivity contribution in [3.05, 3.63) is 108 Å². The lowest BCUT2D eigenvalue weighted by Crippen LogP contribution is -2.44. The smallest absolute Gasteiger partial charge is 0.264 e. The molecule has 0 aromatic heterocycles. The predicted molar refractivity (Wildman–Crippen MR) is 132 cm³/mol. The third kappa shape index (κ3) is 4.51. The summed E-state index contributed by atoms with van der Waals surface area (Å²) in [5.74, 6) is -1.24. The van der Waals surface area contributed by atoms with E-state index in [-0.39, 0.29) is 12.5 Å². The number of rotatable bonds is 8. The van der Waals surface area contributed by atoms with Crippen LogP contribution < -0.4 is 10.2 Å². The standard InChI is InChI=1S/C28H28N2O4/c1-20(10-8-9-17-31)28(34)24-18-23(29-26(32)22-13-6-3-7-14-22)15-16-25(24)30(27(28)33)19-21-11-4-2-5-12-21/h2-8,10-16,18,20,31,34H,9,17,19H2,1H3,(H,29,32)/b10-8+/t20-,28+/m1/s1. The number of hydrogen-bond acceptors (Lipinski definition) is 4. The fourth-order valence-electron chi connectivity index (χ4n) is 4.25. The van der Waals surface area contributed by atoms with Crippen molar-refractivity contribution < 1.29 is 19.8 Å². The van der Waals surface area contributed by atoms with Gasteiger partial charge >= 0.3 is 0 Å². The van der Waals surface area contributed by atoms with E-state index in [0.29, 0.717) is 35.5 Å². The van der Waals surface area contributed by atoms with Crippen molar-refractivity contribution in [1.29, 1.82) is 0 Å². The van der Waals surface area contributed by atoms with Crippen LogP contribution in [0, 0.1) is 5.92 Å². The fourth-order valence-corrected chi connectivity index (χ4v) is 4.25. The van der Waals surface area contributed by atoms with Crippen molar-refractivity contribution in [2.24, 2.45) is 5.92 Å². The number of aliphatic hydroxyl groups excluding tert-OH is 1. The maximum Gasteiger partial charge on any atom is 0.264 e. The van der Waals surface area contributed by atoms with E-state index < -0.39 is 17.4 Å². The van der Waals surface area contributed by atoms with Gasteiger partial charge in [-0.3, -0.25) is 9.59 Å². The van der Waals surface area contributed by atoms with Gasteiger partial charge in [0.25, 0.3) is 11.8 Å². The quantitative estimate of drug-likeness (QED) is 0.442. The summed E-state index contributed by atoms with van der Waals surface area (Å²) in [6, 6.07) is 23.6. The van der Waals surface area contributed by atoms with Crippen molar-refractivity contribution in [1.82, 2.24) is 0 Å². The fraction of sp³-hybridized carbons (Fsp3) is 0.214. The van der Waals surface area contributed by atoms with Gasteiger partial charge in [0.05, 0.1) is 12.2 Å². The van der Waals surface area contributed by atoms with E-state index >= 15 is 0 Å². The van der Waals surface area contributed by atoms with Crippen LogP contribution in [0.25, 0.3) is 0 Å². The topological polar surface area (TPSA) is 89.9 Å². The number of amides is 2. The summed E-state index contributed by atoms with van der Waals surface area (Å²) < 4.78 is 0. The average Bonchev–Trinajstić information content (AvgIpc) is 3.07. The molecule has 0 saturated heterocycles. The number of hydrogen-bond donors (Lipinski definition) is 3. The van der Waals surface area contributed by atoms with Gasteiger partial charge in [-0.2, -0.15) is 0 Å². The lowest BCUT2D eigenvalue weighted by molar-refractivity contribution is -0.139. The molecule has 1 aliphatic rings. The molecule has 2 amide bonds. The second-order valence-electron chi connectivity index (χ2n) is 8.42. The first-order chi connectivity index (χ1) is 16.4. The van der Waals surface area contributed by atoms with E-state index in [0.717, 1.165) is 5.56 Å². The predicted octanol–water partition coefficient (Wildman–Crippen LogP) is 4.25. The Morgan fingerprint density at radius 1 is 1.06 bits per heavy atom. The van der Waals surface area contributed by atoms with Gasteiger partial charge in [0.15, 0.2) is 5.60 Å². The highest BCUT2D eigenvalue weighted by Gasteiger charge is 2.52. The van der Waals surface area contributed by atoms with Crippen LogP contribution in [0.15, 0.2) is 91.0 Å². The van der Waals surface area contributed by atoms with E-state index in [2.05, 4.69) is 5.32 Å². The molecule has 3 aromatic rings. The molecule has 0 saturated carbocycles. The van der Waals surface area contributed by atoms with Gasteiger partial charge in [0.2, 0.25) is 0 Å². The highest BCUT2D eigenvalue weighted by atomic mass is 16.3. The molecule has 34 heavy (non-hydrogen) atoms. The Hall–Kier alpha value is -3.74. The SMILES string of the molecule is C[C@H](/C=C/CCO)[C@@]1(O)C(=O)N(Cc2ccccc2)c2ccc(NC(=O)c3ccccc3)cc21. The summed E-state index contributed by atoms with van der Waals surface area (Å²) in [7, 11) is 0. The van der Waals surface area contributed by atoms with Gasteiger partial charge in [0, 0.05) is 29.3 Å². The Bertz CT molecular complexity index is 1190. The van der Waals surface area contributed by atoms with E-state index in [4.69, 9.17) is 5.11 Å². The summed E-state index contributed by atoms with van der Waals surface area (Å²) in [5.41, 5.74) is 1.20. The molecule has 3 aromatic carbocycles. The highest BCUT2D eigenvalue weighted by Crippen LogP contribution is 2.46. The number of nitrogens with one attached hydrogen (secondary N) is 1. The van der Waals surface area contributed by atoms with E-state index in [1.54, 1.807) is 66.4 Å². The van der Waals surface area contributed by atoms with Gasteiger partial charge in [-0.25, -0.2) is 0 Å². The normalized spacial score (nSPS) is 18.2. The van der Waals surface area contributed by atoms with E-state index in [1.807, 2.05) is 36.4 Å². The van der Waals surface area contributed by atoms with Crippen LogP contribution in [-0.4, -0.2) is 28.6 Å². The Morgan fingerprint density at radius 2 is 1.74 bits per heavy atom. The second-order valence-corrected chi connectivity index (χ2v) is 8.42. The summed E-state index contributed by atoms with van der Waals surface area (Å²) >= 11 is 0. The van der Waals surface area contributed by atoms with Crippen LogP contribution in [-0.2, 0) is 16.9 Å². The summed E-state index contributed by atoms with van der Waals surface area (Å²) in [4.78, 5) is 27.9. The number of anilines is 2. The molecule has 1 aliphatic heterocycles. The molecule has 2 atom stereocenters. The Kier molecular flexibility index (Phi) is 6.91. The van der Waals surface area contributed by atoms with E-state index in [1.165, 1.54) is 0 Å². The lowest BCUT2D eigenvalue weighted by atomic mass is 9.82. The van der Waals surface area contributed by atoms with Crippen LogP contribution in [0.2, 0.25) is 0 Å². The first kappa shape index (κ1) is 23.4. The highest BCUT2D eigenvalue weighted by molar-refractivity contribution is 6.09. The zero-order valence-corrected chi connectivity index (χ0v) is 19.0. The van der Waals surface area contributed by atoms with Gasteiger partial charge < -0.3 is 20.4 Å². The molecule has 174 valence electrons. The van der Waals surface area contributed by atoms with Crippen molar-refractivity contribution in [3.63, 3.8) is 0 Å². The maximum atomic E-state index is 13.6. The van der Waals surface area contributed by atoms with Gasteiger partial charge in [-0.15, -0.1) is 0 Å². The minimum atomic E-state index is -1.80. The van der Waals surface area contributed by atoms with Crippen LogP contribution in [0.1, 0.15) is 34.8 Å². The Morgan fingerprint density at radius 3 is 2.41 bits per heavy atom.